The van der Waals surface area contributed by atoms with Crippen molar-refractivity contribution in [3.05, 3.63) is 0 Å². The number of carbonyl (C=O) groups is 4. The Labute approximate surface area is 588 Å². The van der Waals surface area contributed by atoms with Crippen LogP contribution in [0.2, 0.25) is 0 Å². The zero-order valence-corrected chi connectivity index (χ0v) is 64.5. The number of rotatable bonds is 76. The molecule has 0 fully saturated rings. The Kier molecular flexibility index (Phi) is 67.4. The number of ether oxygens (including phenoxy) is 4. The fourth-order valence-corrected chi connectivity index (χ4v) is 13.4. The van der Waals surface area contributed by atoms with Crippen LogP contribution in [0.5, 0.6) is 0 Å². The Morgan fingerprint density at radius 3 is 0.708 bits per heavy atom. The van der Waals surface area contributed by atoms with Crippen molar-refractivity contribution in [2.75, 3.05) is 39.6 Å². The summed E-state index contributed by atoms with van der Waals surface area (Å²) in [5.74, 6) is -0.508. The van der Waals surface area contributed by atoms with Gasteiger partial charge in [-0.25, -0.2) is 9.13 Å². The summed E-state index contributed by atoms with van der Waals surface area (Å²) in [7, 11) is -9.91. The summed E-state index contributed by atoms with van der Waals surface area (Å²) in [6.07, 6.45) is 57.0. The lowest BCUT2D eigenvalue weighted by atomic mass is 10.0. The molecule has 19 heteroatoms. The molecule has 0 radical (unpaired) electrons. The molecule has 0 aromatic rings. The number of phosphoric ester groups is 2. The van der Waals surface area contributed by atoms with Gasteiger partial charge in [0, 0.05) is 25.7 Å². The molecule has 0 rings (SSSR count). The average Bonchev–Trinajstić information content (AvgIpc) is 1.35. The van der Waals surface area contributed by atoms with E-state index in [1.165, 1.54) is 205 Å². The van der Waals surface area contributed by atoms with Gasteiger partial charge in [0.25, 0.3) is 0 Å². The lowest BCUT2D eigenvalue weighted by Gasteiger charge is -2.21. The summed E-state index contributed by atoms with van der Waals surface area (Å²) in [6, 6.07) is 0. The number of aliphatic hydroxyl groups excluding tert-OH is 1. The van der Waals surface area contributed by atoms with Gasteiger partial charge < -0.3 is 33.8 Å². The highest BCUT2D eigenvalue weighted by molar-refractivity contribution is 7.47. The maximum Gasteiger partial charge on any atom is 0.472 e. The quantitative estimate of drug-likeness (QED) is 0.0222. The Balaban J connectivity index is 5.19. The Hall–Kier alpha value is -1.94. The third-order valence-electron chi connectivity index (χ3n) is 18.0. The van der Waals surface area contributed by atoms with Gasteiger partial charge in [-0.3, -0.25) is 37.3 Å². The van der Waals surface area contributed by atoms with Crippen molar-refractivity contribution in [3.63, 3.8) is 0 Å². The number of unbranched alkanes of at least 4 members (excludes halogenated alkanes) is 46. The summed E-state index contributed by atoms with van der Waals surface area (Å²) >= 11 is 0. The number of carbonyl (C=O) groups excluding carboxylic acids is 4. The average molecular weight is 1410 g/mol. The molecule has 0 heterocycles. The minimum atomic E-state index is -4.96. The van der Waals surface area contributed by atoms with Crippen LogP contribution in [0.1, 0.15) is 401 Å². The van der Waals surface area contributed by atoms with Crippen LogP contribution in [-0.4, -0.2) is 96.7 Å². The second-order valence-electron chi connectivity index (χ2n) is 28.7. The van der Waals surface area contributed by atoms with Gasteiger partial charge in [-0.1, -0.05) is 350 Å². The number of hydrogen-bond acceptors (Lipinski definition) is 15. The lowest BCUT2D eigenvalue weighted by molar-refractivity contribution is -0.161. The zero-order valence-electron chi connectivity index (χ0n) is 62.7. The second-order valence-corrected chi connectivity index (χ2v) is 31.6. The standard InChI is InChI=1S/C77H150O17P2/c1-7-9-11-13-15-16-17-24-32-37-43-49-55-61-76(81)93-72(65-87-74(79)59-53-47-39-14-12-10-8-2)67-91-95(83,84)89-63-71(78)64-90-96(85,86)92-68-73(94-77(82)62-56-50-44-38-33-28-23-19-21-26-30-35-41-46-52-58-70(5)6)66-88-75(80)60-54-48-42-36-31-27-22-18-20-25-29-34-40-45-51-57-69(3)4/h69-73,78H,7-68H2,1-6H3,(H,83,84)(H,85,86)/t71-,72+,73+/m0/s1. The molecule has 5 atom stereocenters. The van der Waals surface area contributed by atoms with E-state index in [4.69, 9.17) is 37.0 Å². The van der Waals surface area contributed by atoms with Crippen LogP contribution in [0.4, 0.5) is 0 Å². The van der Waals surface area contributed by atoms with E-state index in [1.54, 1.807) is 0 Å². The van der Waals surface area contributed by atoms with Crippen molar-refractivity contribution in [2.24, 2.45) is 11.8 Å². The van der Waals surface area contributed by atoms with Crippen LogP contribution in [0.3, 0.4) is 0 Å². The molecule has 570 valence electrons. The smallest absolute Gasteiger partial charge is 0.462 e. The summed E-state index contributed by atoms with van der Waals surface area (Å²) < 4.78 is 68.5. The number of aliphatic hydroxyl groups is 1. The minimum absolute atomic E-state index is 0.107. The predicted octanol–water partition coefficient (Wildman–Crippen LogP) is 22.7. The number of phosphoric acid groups is 2. The molecule has 2 unspecified atom stereocenters. The molecule has 0 aliphatic rings. The van der Waals surface area contributed by atoms with Crippen LogP contribution in [-0.2, 0) is 65.4 Å². The molecule has 17 nitrogen and oxygen atoms in total. The van der Waals surface area contributed by atoms with Crippen molar-refractivity contribution < 1.29 is 80.2 Å². The third-order valence-corrected chi connectivity index (χ3v) is 19.9. The first-order chi connectivity index (χ1) is 46.4. The molecule has 0 amide bonds. The molecule has 0 spiro atoms. The Morgan fingerprint density at radius 2 is 0.479 bits per heavy atom. The van der Waals surface area contributed by atoms with E-state index in [1.807, 2.05) is 0 Å². The molecule has 0 aromatic carbocycles. The summed E-state index contributed by atoms with van der Waals surface area (Å²) in [5, 5.41) is 10.6. The minimum Gasteiger partial charge on any atom is -0.462 e. The summed E-state index contributed by atoms with van der Waals surface area (Å²) in [6.45, 7) is 9.62. The molecule has 0 aliphatic carbocycles. The SMILES string of the molecule is CCCCCCCCCCCCCCCC(=O)O[C@H](COC(=O)CCCCCCCCC)COP(=O)(O)OC[C@H](O)COP(=O)(O)OC[C@@H](COC(=O)CCCCCCCCCCCCCCCCCC(C)C)OC(=O)CCCCCCCCCCCCCCCCCC(C)C. The molecule has 0 saturated carbocycles. The Bertz CT molecular complexity index is 1860. The van der Waals surface area contributed by atoms with E-state index < -0.39 is 97.5 Å². The fourth-order valence-electron chi connectivity index (χ4n) is 11.8. The van der Waals surface area contributed by atoms with Crippen LogP contribution < -0.4 is 0 Å². The van der Waals surface area contributed by atoms with Gasteiger partial charge in [0.1, 0.15) is 19.3 Å². The monoisotopic (exact) mass is 1410 g/mol. The molecule has 96 heavy (non-hydrogen) atoms. The number of esters is 4. The van der Waals surface area contributed by atoms with Crippen molar-refractivity contribution in [2.45, 2.75) is 419 Å². The first kappa shape index (κ1) is 94.1. The normalized spacial score (nSPS) is 14.0. The Morgan fingerprint density at radius 1 is 0.281 bits per heavy atom. The van der Waals surface area contributed by atoms with E-state index in [0.717, 1.165) is 115 Å². The largest absolute Gasteiger partial charge is 0.472 e. The van der Waals surface area contributed by atoms with Gasteiger partial charge in [0.15, 0.2) is 12.2 Å². The second kappa shape index (κ2) is 68.8. The summed E-state index contributed by atoms with van der Waals surface area (Å²) in [5.41, 5.74) is 0. The fraction of sp³-hybridized carbons (Fsp3) is 0.948. The van der Waals surface area contributed by atoms with E-state index >= 15 is 0 Å². The molecule has 0 bridgehead atoms. The summed E-state index contributed by atoms with van der Waals surface area (Å²) in [4.78, 5) is 72.7. The van der Waals surface area contributed by atoms with Crippen molar-refractivity contribution in [1.29, 1.82) is 0 Å². The van der Waals surface area contributed by atoms with Crippen LogP contribution in [0, 0.1) is 11.8 Å². The third kappa shape index (κ3) is 70.5. The maximum absolute atomic E-state index is 13.1. The van der Waals surface area contributed by atoms with Crippen molar-refractivity contribution >= 4 is 39.5 Å². The van der Waals surface area contributed by atoms with E-state index in [9.17, 15) is 43.2 Å². The maximum atomic E-state index is 13.1. The van der Waals surface area contributed by atoms with Gasteiger partial charge in [0.2, 0.25) is 0 Å². The van der Waals surface area contributed by atoms with E-state index in [-0.39, 0.29) is 25.7 Å². The van der Waals surface area contributed by atoms with Gasteiger partial charge in [-0.15, -0.1) is 0 Å². The first-order valence-corrected chi connectivity index (χ1v) is 43.0. The van der Waals surface area contributed by atoms with Gasteiger partial charge in [0.05, 0.1) is 26.4 Å². The highest BCUT2D eigenvalue weighted by Gasteiger charge is 2.30. The molecular weight excluding hydrogens is 1260 g/mol. The first-order valence-electron chi connectivity index (χ1n) is 40.0. The highest BCUT2D eigenvalue weighted by Crippen LogP contribution is 2.45. The van der Waals surface area contributed by atoms with E-state index in [0.29, 0.717) is 25.7 Å². The van der Waals surface area contributed by atoms with E-state index in [2.05, 4.69) is 41.5 Å². The number of hydrogen-bond donors (Lipinski definition) is 3. The van der Waals surface area contributed by atoms with Crippen LogP contribution in [0.15, 0.2) is 0 Å². The molecule has 3 N–H and O–H groups in total. The molecular formula is C77H150O17P2. The molecule has 0 aromatic heterocycles. The zero-order chi connectivity index (χ0) is 70.7. The predicted molar refractivity (Wildman–Crippen MR) is 391 cm³/mol. The van der Waals surface area contributed by atoms with Gasteiger partial charge >= 0.3 is 39.5 Å². The lowest BCUT2D eigenvalue weighted by Crippen LogP contribution is -2.30. The molecule has 0 saturated heterocycles. The van der Waals surface area contributed by atoms with Gasteiger partial charge in [-0.2, -0.15) is 0 Å². The van der Waals surface area contributed by atoms with Gasteiger partial charge in [-0.05, 0) is 37.5 Å². The van der Waals surface area contributed by atoms with Crippen molar-refractivity contribution in [3.8, 4) is 0 Å². The topological polar surface area (TPSA) is 237 Å². The highest BCUT2D eigenvalue weighted by atomic mass is 31.2. The molecule has 0 aliphatic heterocycles. The van der Waals surface area contributed by atoms with Crippen molar-refractivity contribution in [1.82, 2.24) is 0 Å². The van der Waals surface area contributed by atoms with Crippen LogP contribution >= 0.6 is 15.6 Å². The van der Waals surface area contributed by atoms with Crippen LogP contribution in [0.25, 0.3) is 0 Å².